The van der Waals surface area contributed by atoms with Crippen LogP contribution in [-0.2, 0) is 52.8 Å². The van der Waals surface area contributed by atoms with Crippen LogP contribution < -0.4 is 43.4 Å². The molecule has 1 heterocycles. The summed E-state index contributed by atoms with van der Waals surface area (Å²) in [5.74, 6) is -7.16. The first kappa shape index (κ1) is 45.4. The summed E-state index contributed by atoms with van der Waals surface area (Å²) >= 11 is 0. The minimum atomic E-state index is -1.39. The molecular weight excluding hydrogens is 758 g/mol. The average Bonchev–Trinajstić information content (AvgIpc) is 3.70. The Kier molecular flexibility index (Phi) is 18.1. The van der Waals surface area contributed by atoms with Gasteiger partial charge in [-0.1, -0.05) is 42.5 Å². The molecule has 0 aliphatic heterocycles. The van der Waals surface area contributed by atoms with Gasteiger partial charge in [-0.3, -0.25) is 34.2 Å². The van der Waals surface area contributed by atoms with Crippen molar-refractivity contribution in [2.45, 2.75) is 75.2 Å². The number of guanidine groups is 1. The van der Waals surface area contributed by atoms with E-state index in [9.17, 15) is 48.9 Å². The Bertz CT molecular complexity index is 1860. The Hall–Kier alpha value is -7.03. The number of hydrogen-bond acceptors (Lipinski definition) is 11. The topological polar surface area (TPSA) is 357 Å². The number of rotatable bonds is 24. The first-order valence-electron chi connectivity index (χ1n) is 18.2. The molecule has 0 radical (unpaired) electrons. The summed E-state index contributed by atoms with van der Waals surface area (Å²) in [6.07, 6.45) is 2.08. The summed E-state index contributed by atoms with van der Waals surface area (Å²) in [6, 6.07) is 7.71. The Labute approximate surface area is 332 Å². The highest BCUT2D eigenvalue weighted by atomic mass is 16.4. The van der Waals surface area contributed by atoms with Crippen LogP contribution >= 0.6 is 0 Å². The second-order valence-corrected chi connectivity index (χ2v) is 13.2. The number of hydrogen-bond donors (Lipinski definition) is 13. The van der Waals surface area contributed by atoms with Crippen LogP contribution in [0.25, 0.3) is 0 Å². The van der Waals surface area contributed by atoms with Crippen LogP contribution in [0.4, 0.5) is 0 Å². The summed E-state index contributed by atoms with van der Waals surface area (Å²) in [7, 11) is 0. The molecule has 0 fully saturated rings. The van der Waals surface area contributed by atoms with E-state index in [2.05, 4.69) is 41.9 Å². The first-order valence-corrected chi connectivity index (χ1v) is 18.2. The number of amides is 5. The van der Waals surface area contributed by atoms with Crippen LogP contribution in [0.1, 0.15) is 42.5 Å². The molecule has 3 rings (SSSR count). The minimum absolute atomic E-state index is 0.0173. The average molecular weight is 808 g/mol. The van der Waals surface area contributed by atoms with E-state index >= 15 is 0 Å². The van der Waals surface area contributed by atoms with Crippen molar-refractivity contribution >= 4 is 47.4 Å². The molecule has 0 aliphatic carbocycles. The predicted molar refractivity (Wildman–Crippen MR) is 207 cm³/mol. The number of benzene rings is 2. The van der Waals surface area contributed by atoms with Crippen molar-refractivity contribution in [3.8, 4) is 5.75 Å². The number of nitrogens with zero attached hydrogens (tertiary/aromatic N) is 1. The summed E-state index contributed by atoms with van der Waals surface area (Å²) in [5, 5.41) is 50.9. The van der Waals surface area contributed by atoms with Gasteiger partial charge in [0.15, 0.2) is 5.96 Å². The molecule has 0 aliphatic rings. The third kappa shape index (κ3) is 16.4. The number of H-pyrrole nitrogens is 1. The number of carbonyl (C=O) groups is 7. The maximum Gasteiger partial charge on any atom is 0.326 e. The maximum atomic E-state index is 13.9. The van der Waals surface area contributed by atoms with Crippen LogP contribution in [0, 0.1) is 5.41 Å². The summed E-state index contributed by atoms with van der Waals surface area (Å²) in [6.45, 7) is -0.541. The Morgan fingerprint density at radius 2 is 1.33 bits per heavy atom. The Morgan fingerprint density at radius 1 is 0.724 bits per heavy atom. The molecule has 0 spiro atoms. The summed E-state index contributed by atoms with van der Waals surface area (Å²) in [4.78, 5) is 96.8. The van der Waals surface area contributed by atoms with E-state index in [1.807, 2.05) is 0 Å². The monoisotopic (exact) mass is 807 g/mol. The number of imidazole rings is 1. The van der Waals surface area contributed by atoms with Gasteiger partial charge in [-0.15, -0.1) is 0 Å². The second kappa shape index (κ2) is 23.1. The molecule has 5 atom stereocenters. The van der Waals surface area contributed by atoms with Crippen molar-refractivity contribution in [2.24, 2.45) is 11.5 Å². The van der Waals surface area contributed by atoms with E-state index in [0.29, 0.717) is 16.8 Å². The van der Waals surface area contributed by atoms with E-state index in [0.717, 1.165) is 0 Å². The fraction of sp³-hybridized carbons (Fsp3) is 0.378. The number of carboxylic acids is 2. The molecule has 0 unspecified atom stereocenters. The van der Waals surface area contributed by atoms with Crippen LogP contribution in [-0.4, -0.2) is 116 Å². The van der Waals surface area contributed by atoms with Crippen molar-refractivity contribution in [3.63, 3.8) is 0 Å². The van der Waals surface area contributed by atoms with E-state index in [-0.39, 0.29) is 56.8 Å². The third-order valence-electron chi connectivity index (χ3n) is 8.57. The Morgan fingerprint density at radius 3 is 1.91 bits per heavy atom. The molecule has 312 valence electrons. The SMILES string of the molecule is N=C(N)NCCC[C@H](NC(=O)[C@@H](Cc1ccccc1)NC(=O)[C@H](Cc1ccc(O)cc1)NC(=O)CNC(=O)[C@H](CCC(=O)O)NC(=O)[C@H](N)Cc1c[nH]cn1)C(=O)O. The lowest BCUT2D eigenvalue weighted by Gasteiger charge is -2.25. The molecule has 5 amide bonds. The normalized spacial score (nSPS) is 13.3. The molecule has 0 bridgehead atoms. The van der Waals surface area contributed by atoms with Crippen molar-refractivity contribution in [2.75, 3.05) is 13.1 Å². The van der Waals surface area contributed by atoms with Crippen LogP contribution in [0.5, 0.6) is 5.75 Å². The van der Waals surface area contributed by atoms with Gasteiger partial charge in [0.1, 0.15) is 29.9 Å². The minimum Gasteiger partial charge on any atom is -0.508 e. The lowest BCUT2D eigenvalue weighted by molar-refractivity contribution is -0.142. The number of nitrogens with two attached hydrogens (primary N) is 2. The van der Waals surface area contributed by atoms with Crippen molar-refractivity contribution in [1.82, 2.24) is 41.9 Å². The van der Waals surface area contributed by atoms with E-state index in [1.54, 1.807) is 30.3 Å². The van der Waals surface area contributed by atoms with Crippen LogP contribution in [0.3, 0.4) is 0 Å². The van der Waals surface area contributed by atoms with Gasteiger partial charge >= 0.3 is 11.9 Å². The van der Waals surface area contributed by atoms with E-state index < -0.39 is 84.6 Å². The number of nitrogens with one attached hydrogen (secondary N) is 8. The number of aliphatic carboxylic acids is 2. The fourth-order valence-electron chi connectivity index (χ4n) is 5.54. The second-order valence-electron chi connectivity index (χ2n) is 13.2. The van der Waals surface area contributed by atoms with Gasteiger partial charge in [0.05, 0.1) is 24.6 Å². The number of aromatic hydroxyl groups is 1. The van der Waals surface area contributed by atoms with Crippen molar-refractivity contribution in [3.05, 3.63) is 83.9 Å². The molecule has 1 aromatic heterocycles. The van der Waals surface area contributed by atoms with E-state index in [1.165, 1.54) is 36.8 Å². The highest BCUT2D eigenvalue weighted by Gasteiger charge is 2.31. The van der Waals surface area contributed by atoms with Crippen LogP contribution in [0.15, 0.2) is 67.1 Å². The van der Waals surface area contributed by atoms with E-state index in [4.69, 9.17) is 16.9 Å². The number of phenolic OH excluding ortho intramolecular Hbond substituents is 1. The number of phenols is 1. The zero-order valence-corrected chi connectivity index (χ0v) is 31.4. The summed E-state index contributed by atoms with van der Waals surface area (Å²) < 4.78 is 0. The van der Waals surface area contributed by atoms with Gasteiger partial charge in [-0.25, -0.2) is 9.78 Å². The number of aromatic nitrogens is 2. The zero-order valence-electron chi connectivity index (χ0n) is 31.4. The lowest BCUT2D eigenvalue weighted by atomic mass is 10.0. The predicted octanol–water partition coefficient (Wildman–Crippen LogP) is -2.26. The quantitative estimate of drug-likeness (QED) is 0.0258. The Balaban J connectivity index is 1.76. The highest BCUT2D eigenvalue weighted by molar-refractivity contribution is 5.95. The smallest absolute Gasteiger partial charge is 0.326 e. The standard InChI is InChI=1S/C37H49N11O10/c38-25(17-23-18-41-20-44-23)32(53)46-26(12-13-31(51)52)33(54)43-19-30(50)45-28(16-22-8-10-24(49)11-9-22)34(55)48-29(15-21-5-2-1-3-6-21)35(56)47-27(36(57)58)7-4-14-42-37(39)40/h1-3,5-6,8-11,18,20,25-29,49H,4,7,12-17,19,38H2,(H,41,44)(H,43,54)(H,45,50)(H,46,53)(H,47,56)(H,48,55)(H,51,52)(H,57,58)(H4,39,40,42)/t25-,26+,27+,28+,29-/m1/s1. The van der Waals surface area contributed by atoms with Gasteiger partial charge < -0.3 is 63.7 Å². The molecule has 58 heavy (non-hydrogen) atoms. The molecular formula is C37H49N11O10. The van der Waals surface area contributed by atoms with Gasteiger partial charge in [-0.2, -0.15) is 0 Å². The zero-order chi connectivity index (χ0) is 42.6. The molecule has 2 aromatic carbocycles. The number of aromatic amines is 1. The van der Waals surface area contributed by atoms with Gasteiger partial charge in [0.25, 0.3) is 0 Å². The first-order chi connectivity index (χ1) is 27.6. The molecule has 21 nitrogen and oxygen atoms in total. The molecule has 0 saturated heterocycles. The maximum absolute atomic E-state index is 13.9. The fourth-order valence-corrected chi connectivity index (χ4v) is 5.54. The molecule has 15 N–H and O–H groups in total. The summed E-state index contributed by atoms with van der Waals surface area (Å²) in [5.41, 5.74) is 12.8. The largest absolute Gasteiger partial charge is 0.508 e. The lowest BCUT2D eigenvalue weighted by Crippen LogP contribution is -2.58. The van der Waals surface area contributed by atoms with Crippen molar-refractivity contribution in [1.29, 1.82) is 5.41 Å². The number of carboxylic acid groups (broad SMARTS) is 2. The molecule has 3 aromatic rings. The molecule has 0 saturated carbocycles. The van der Waals surface area contributed by atoms with Gasteiger partial charge in [0.2, 0.25) is 29.5 Å². The third-order valence-corrected chi connectivity index (χ3v) is 8.57. The van der Waals surface area contributed by atoms with Gasteiger partial charge in [0, 0.05) is 38.4 Å². The number of carbonyl (C=O) groups excluding carboxylic acids is 5. The van der Waals surface area contributed by atoms with Crippen LogP contribution in [0.2, 0.25) is 0 Å². The molecule has 21 heteroatoms. The highest BCUT2D eigenvalue weighted by Crippen LogP contribution is 2.13. The van der Waals surface area contributed by atoms with Crippen molar-refractivity contribution < 1.29 is 48.9 Å². The van der Waals surface area contributed by atoms with Gasteiger partial charge in [-0.05, 0) is 42.5 Å².